The van der Waals surface area contributed by atoms with E-state index in [4.69, 9.17) is 16.3 Å². The minimum absolute atomic E-state index is 0.0153. The smallest absolute Gasteiger partial charge is 0.229 e. The second-order valence-electron chi connectivity index (χ2n) is 6.53. The van der Waals surface area contributed by atoms with Crippen molar-refractivity contribution in [2.75, 3.05) is 16.8 Å². The Hall–Kier alpha value is -2.97. The number of ether oxygens (including phenoxy) is 1. The van der Waals surface area contributed by atoms with Gasteiger partial charge in [-0.2, -0.15) is 0 Å². The van der Waals surface area contributed by atoms with Crippen molar-refractivity contribution in [3.63, 3.8) is 0 Å². The largest absolute Gasteiger partial charge is 0.492 e. The van der Waals surface area contributed by atoms with Gasteiger partial charge in [-0.1, -0.05) is 11.6 Å². The lowest BCUT2D eigenvalue weighted by molar-refractivity contribution is -0.117. The molecule has 3 aromatic rings. The van der Waals surface area contributed by atoms with E-state index in [1.165, 1.54) is 23.4 Å². The lowest BCUT2D eigenvalue weighted by Crippen LogP contribution is -2.33. The van der Waals surface area contributed by atoms with E-state index in [9.17, 15) is 14.3 Å². The number of fused-ring (bicyclic) bond motifs is 1. The first-order valence-electron chi connectivity index (χ1n) is 9.11. The van der Waals surface area contributed by atoms with Gasteiger partial charge in [0.1, 0.15) is 29.9 Å². The molecule has 0 spiro atoms. The molecule has 0 aliphatic carbocycles. The van der Waals surface area contributed by atoms with Crippen LogP contribution in [0.15, 0.2) is 36.7 Å². The van der Waals surface area contributed by atoms with Gasteiger partial charge < -0.3 is 15.2 Å². The molecule has 1 aliphatic heterocycles. The third kappa shape index (κ3) is 3.68. The maximum Gasteiger partial charge on any atom is 0.229 e. The summed E-state index contributed by atoms with van der Waals surface area (Å²) in [5.74, 6) is 0.191. The summed E-state index contributed by atoms with van der Waals surface area (Å²) in [7, 11) is 0. The standard InChI is InChI=1S/C20H18ClFN4O3/c1-2-29-17-9-15-12(8-16(17)26-18(27)5-6-19(26)28)20(24-10-23-15)25-11-3-4-14(22)13(21)7-11/h3-4,7-10,18,27H,2,5-6H2,1H3,(H,23,24,25). The molecular weight excluding hydrogens is 399 g/mol. The van der Waals surface area contributed by atoms with Crippen LogP contribution in [0.1, 0.15) is 19.8 Å². The van der Waals surface area contributed by atoms with Gasteiger partial charge in [-0.15, -0.1) is 0 Å². The Labute approximate surface area is 171 Å². The number of benzene rings is 2. The van der Waals surface area contributed by atoms with Crippen molar-refractivity contribution in [1.29, 1.82) is 0 Å². The van der Waals surface area contributed by atoms with Crippen LogP contribution in [0.5, 0.6) is 5.75 Å². The summed E-state index contributed by atoms with van der Waals surface area (Å²) < 4.78 is 19.1. The van der Waals surface area contributed by atoms with Crippen LogP contribution in [0.3, 0.4) is 0 Å². The molecule has 1 aromatic heterocycles. The van der Waals surface area contributed by atoms with E-state index >= 15 is 0 Å². The Morgan fingerprint density at radius 3 is 2.86 bits per heavy atom. The van der Waals surface area contributed by atoms with E-state index in [2.05, 4.69) is 15.3 Å². The summed E-state index contributed by atoms with van der Waals surface area (Å²) in [5.41, 5.74) is 1.58. The molecule has 2 N–H and O–H groups in total. The van der Waals surface area contributed by atoms with Crippen molar-refractivity contribution < 1.29 is 19.0 Å². The van der Waals surface area contributed by atoms with Crippen molar-refractivity contribution in [1.82, 2.24) is 9.97 Å². The van der Waals surface area contributed by atoms with Crippen LogP contribution in [-0.2, 0) is 4.79 Å². The molecule has 4 rings (SSSR count). The highest BCUT2D eigenvalue weighted by Crippen LogP contribution is 2.38. The number of anilines is 3. The number of aliphatic hydroxyl groups excluding tert-OH is 1. The minimum atomic E-state index is -0.920. The Kier molecular flexibility index (Phi) is 5.21. The first-order valence-corrected chi connectivity index (χ1v) is 9.49. The molecule has 29 heavy (non-hydrogen) atoms. The Balaban J connectivity index is 1.83. The molecule has 0 bridgehead atoms. The van der Waals surface area contributed by atoms with E-state index in [1.54, 1.807) is 18.2 Å². The zero-order valence-electron chi connectivity index (χ0n) is 15.5. The summed E-state index contributed by atoms with van der Waals surface area (Å²) in [4.78, 5) is 22.2. The molecule has 9 heteroatoms. The lowest BCUT2D eigenvalue weighted by atomic mass is 10.1. The summed E-state index contributed by atoms with van der Waals surface area (Å²) in [6.07, 6.45) is 1.08. The van der Waals surface area contributed by atoms with Crippen molar-refractivity contribution in [2.45, 2.75) is 26.0 Å². The zero-order chi connectivity index (χ0) is 20.5. The fourth-order valence-corrected chi connectivity index (χ4v) is 3.49. The monoisotopic (exact) mass is 416 g/mol. The number of aliphatic hydroxyl groups is 1. The second kappa shape index (κ2) is 7.81. The molecule has 7 nitrogen and oxygen atoms in total. The zero-order valence-corrected chi connectivity index (χ0v) is 16.3. The summed E-state index contributed by atoms with van der Waals surface area (Å²) in [6.45, 7) is 2.22. The minimum Gasteiger partial charge on any atom is -0.492 e. The molecule has 1 aliphatic rings. The van der Waals surface area contributed by atoms with Crippen LogP contribution in [0.25, 0.3) is 10.9 Å². The van der Waals surface area contributed by atoms with E-state index < -0.39 is 12.0 Å². The average molecular weight is 417 g/mol. The number of aromatic nitrogens is 2. The first kappa shape index (κ1) is 19.4. The van der Waals surface area contributed by atoms with Crippen LogP contribution < -0.4 is 15.0 Å². The van der Waals surface area contributed by atoms with E-state index in [0.717, 1.165) is 0 Å². The SMILES string of the molecule is CCOc1cc2ncnc(Nc3ccc(F)c(Cl)c3)c2cc1N1C(=O)CCC1O. The number of carbonyl (C=O) groups excluding carboxylic acids is 1. The van der Waals surface area contributed by atoms with Gasteiger partial charge in [-0.05, 0) is 31.2 Å². The fourth-order valence-electron chi connectivity index (χ4n) is 3.31. The third-order valence-electron chi connectivity index (χ3n) is 4.64. The van der Waals surface area contributed by atoms with Crippen molar-refractivity contribution >= 4 is 45.6 Å². The first-order chi connectivity index (χ1) is 14.0. The summed E-state index contributed by atoms with van der Waals surface area (Å²) >= 11 is 5.86. The maximum atomic E-state index is 13.4. The predicted molar refractivity (Wildman–Crippen MR) is 108 cm³/mol. The highest BCUT2D eigenvalue weighted by molar-refractivity contribution is 6.31. The average Bonchev–Trinajstić information content (AvgIpc) is 3.03. The number of hydrogen-bond donors (Lipinski definition) is 2. The number of nitrogens with zero attached hydrogens (tertiary/aromatic N) is 3. The quantitative estimate of drug-likeness (QED) is 0.653. The Morgan fingerprint density at radius 1 is 1.34 bits per heavy atom. The molecule has 1 amide bonds. The molecule has 1 fully saturated rings. The highest BCUT2D eigenvalue weighted by Gasteiger charge is 2.33. The lowest BCUT2D eigenvalue weighted by Gasteiger charge is -2.24. The molecule has 0 saturated carbocycles. The van der Waals surface area contributed by atoms with E-state index in [0.29, 0.717) is 46.9 Å². The van der Waals surface area contributed by atoms with Gasteiger partial charge in [-0.25, -0.2) is 14.4 Å². The summed E-state index contributed by atoms with van der Waals surface area (Å²) in [6, 6.07) is 7.66. The van der Waals surface area contributed by atoms with Crippen LogP contribution in [0, 0.1) is 5.82 Å². The van der Waals surface area contributed by atoms with Gasteiger partial charge in [0.25, 0.3) is 0 Å². The molecule has 2 aromatic carbocycles. The Bertz CT molecular complexity index is 1090. The van der Waals surface area contributed by atoms with Crippen LogP contribution >= 0.6 is 11.6 Å². The van der Waals surface area contributed by atoms with Gasteiger partial charge >= 0.3 is 0 Å². The van der Waals surface area contributed by atoms with Crippen LogP contribution in [0.4, 0.5) is 21.6 Å². The van der Waals surface area contributed by atoms with E-state index in [-0.39, 0.29) is 17.4 Å². The molecule has 150 valence electrons. The number of rotatable bonds is 5. The summed E-state index contributed by atoms with van der Waals surface area (Å²) in [5, 5.41) is 14.0. The normalized spacial score (nSPS) is 16.5. The topological polar surface area (TPSA) is 87.6 Å². The Morgan fingerprint density at radius 2 is 2.17 bits per heavy atom. The maximum absolute atomic E-state index is 13.4. The van der Waals surface area contributed by atoms with Gasteiger partial charge in [0.05, 0.1) is 22.8 Å². The number of nitrogens with one attached hydrogen (secondary N) is 1. The number of hydrogen-bond acceptors (Lipinski definition) is 6. The van der Waals surface area contributed by atoms with Gasteiger partial charge in [0.2, 0.25) is 5.91 Å². The molecular formula is C20H18ClFN4O3. The van der Waals surface area contributed by atoms with Crippen molar-refractivity contribution in [3.8, 4) is 5.75 Å². The highest BCUT2D eigenvalue weighted by atomic mass is 35.5. The fraction of sp³-hybridized carbons (Fsp3) is 0.250. The van der Waals surface area contributed by atoms with Crippen molar-refractivity contribution in [2.24, 2.45) is 0 Å². The molecule has 1 atom stereocenters. The third-order valence-corrected chi connectivity index (χ3v) is 4.93. The molecule has 1 unspecified atom stereocenters. The van der Waals surface area contributed by atoms with Gasteiger partial charge in [-0.3, -0.25) is 9.69 Å². The van der Waals surface area contributed by atoms with Crippen LogP contribution in [0.2, 0.25) is 5.02 Å². The second-order valence-corrected chi connectivity index (χ2v) is 6.94. The van der Waals surface area contributed by atoms with E-state index in [1.807, 2.05) is 6.92 Å². The molecule has 1 saturated heterocycles. The number of halogens is 2. The number of amides is 1. The number of carbonyl (C=O) groups is 1. The van der Waals surface area contributed by atoms with Gasteiger partial charge in [0, 0.05) is 30.0 Å². The van der Waals surface area contributed by atoms with Gasteiger partial charge in [0.15, 0.2) is 0 Å². The van der Waals surface area contributed by atoms with Crippen LogP contribution in [-0.4, -0.2) is 33.8 Å². The molecule has 0 radical (unpaired) electrons. The molecule has 2 heterocycles. The predicted octanol–water partition coefficient (Wildman–Crippen LogP) is 4.01. The van der Waals surface area contributed by atoms with Crippen molar-refractivity contribution in [3.05, 3.63) is 47.5 Å².